The summed E-state index contributed by atoms with van der Waals surface area (Å²) >= 11 is 0. The number of hydrogen-bond donors (Lipinski definition) is 3. The van der Waals surface area contributed by atoms with Gasteiger partial charge in [-0.3, -0.25) is 9.59 Å². The molecule has 2 heterocycles. The molecule has 1 saturated heterocycles. The molecule has 150 valence electrons. The van der Waals surface area contributed by atoms with Crippen LogP contribution in [0.3, 0.4) is 0 Å². The van der Waals surface area contributed by atoms with Crippen molar-refractivity contribution in [1.82, 2.24) is 15.3 Å². The van der Waals surface area contributed by atoms with Gasteiger partial charge in [0.1, 0.15) is 11.5 Å². The quantitative estimate of drug-likeness (QED) is 0.720. The molecule has 3 rings (SSSR count). The summed E-state index contributed by atoms with van der Waals surface area (Å²) < 4.78 is 44.0. The van der Waals surface area contributed by atoms with Crippen molar-refractivity contribution in [3.05, 3.63) is 41.2 Å². The molecular weight excluding hydrogens is 379 g/mol. The van der Waals surface area contributed by atoms with E-state index in [1.165, 1.54) is 12.1 Å². The van der Waals surface area contributed by atoms with Gasteiger partial charge in [0.25, 0.3) is 5.91 Å². The van der Waals surface area contributed by atoms with Crippen LogP contribution in [0.25, 0.3) is 11.4 Å². The lowest BCUT2D eigenvalue weighted by molar-refractivity contribution is -0.139. The maximum absolute atomic E-state index is 12.9. The van der Waals surface area contributed by atoms with Crippen molar-refractivity contribution in [2.24, 2.45) is 0 Å². The second-order valence-electron chi connectivity index (χ2n) is 6.75. The van der Waals surface area contributed by atoms with Crippen molar-refractivity contribution < 1.29 is 32.6 Å². The average molecular weight is 397 g/mol. The highest BCUT2D eigenvalue weighted by Gasteiger charge is 2.39. The van der Waals surface area contributed by atoms with Gasteiger partial charge in [-0.2, -0.15) is 13.2 Å². The molecule has 1 aliphatic heterocycles. The van der Waals surface area contributed by atoms with Crippen LogP contribution in [0.15, 0.2) is 24.3 Å². The molecule has 1 aliphatic rings. The minimum Gasteiger partial charge on any atom is -0.481 e. The summed E-state index contributed by atoms with van der Waals surface area (Å²) in [6, 6.07) is 4.60. The van der Waals surface area contributed by atoms with Crippen LogP contribution in [0.2, 0.25) is 0 Å². The fourth-order valence-corrected chi connectivity index (χ4v) is 3.14. The first-order valence-electron chi connectivity index (χ1n) is 8.46. The van der Waals surface area contributed by atoms with Crippen molar-refractivity contribution >= 4 is 11.9 Å². The monoisotopic (exact) mass is 397 g/mol. The molecule has 3 N–H and O–H groups in total. The molecule has 10 heteroatoms. The Morgan fingerprint density at radius 1 is 1.39 bits per heavy atom. The van der Waals surface area contributed by atoms with Crippen molar-refractivity contribution in [2.45, 2.75) is 31.5 Å². The molecule has 1 amide bonds. The van der Waals surface area contributed by atoms with E-state index in [-0.39, 0.29) is 30.1 Å². The number of aromatic amines is 1. The lowest BCUT2D eigenvalue weighted by atomic mass is 9.94. The predicted molar refractivity (Wildman–Crippen MR) is 91.6 cm³/mol. The number of halogens is 3. The molecule has 2 aromatic rings. The van der Waals surface area contributed by atoms with Crippen LogP contribution < -0.4 is 5.32 Å². The number of alkyl halides is 3. The lowest BCUT2D eigenvalue weighted by Gasteiger charge is -2.26. The number of carbonyl (C=O) groups excluding carboxylic acids is 1. The fourth-order valence-electron chi connectivity index (χ4n) is 3.14. The Morgan fingerprint density at radius 3 is 2.75 bits per heavy atom. The van der Waals surface area contributed by atoms with E-state index in [9.17, 15) is 22.8 Å². The summed E-state index contributed by atoms with van der Waals surface area (Å²) in [5.41, 5.74) is -1.33. The van der Waals surface area contributed by atoms with Gasteiger partial charge in [-0.05, 0) is 25.5 Å². The molecule has 7 nitrogen and oxygen atoms in total. The maximum Gasteiger partial charge on any atom is 0.416 e. The first kappa shape index (κ1) is 19.9. The smallest absolute Gasteiger partial charge is 0.416 e. The normalized spacial score (nSPS) is 19.6. The van der Waals surface area contributed by atoms with Crippen LogP contribution in [0.1, 0.15) is 34.6 Å². The van der Waals surface area contributed by atoms with Crippen LogP contribution in [-0.2, 0) is 15.7 Å². The van der Waals surface area contributed by atoms with E-state index in [2.05, 4.69) is 15.3 Å². The summed E-state index contributed by atoms with van der Waals surface area (Å²) in [7, 11) is 0. The average Bonchev–Trinajstić information content (AvgIpc) is 3.20. The Balaban J connectivity index is 1.86. The number of H-pyrrole nitrogens is 1. The lowest BCUT2D eigenvalue weighted by Crippen LogP contribution is -2.50. The molecule has 1 aromatic heterocycles. The van der Waals surface area contributed by atoms with Crippen LogP contribution in [0, 0.1) is 6.92 Å². The second-order valence-corrected chi connectivity index (χ2v) is 6.75. The summed E-state index contributed by atoms with van der Waals surface area (Å²) in [4.78, 5) is 30.7. The Bertz CT molecular complexity index is 902. The minimum atomic E-state index is -4.50. The predicted octanol–water partition coefficient (Wildman–Crippen LogP) is 2.77. The number of aromatic nitrogens is 2. The Morgan fingerprint density at radius 2 is 2.14 bits per heavy atom. The van der Waals surface area contributed by atoms with Crippen molar-refractivity contribution in [1.29, 1.82) is 0 Å². The molecule has 0 saturated carbocycles. The Kier molecular flexibility index (Phi) is 5.16. The largest absolute Gasteiger partial charge is 0.481 e. The number of carbonyl (C=O) groups is 2. The van der Waals surface area contributed by atoms with Gasteiger partial charge in [-0.15, -0.1) is 0 Å². The van der Waals surface area contributed by atoms with Gasteiger partial charge in [-0.1, -0.05) is 12.1 Å². The summed E-state index contributed by atoms with van der Waals surface area (Å²) in [5, 5.41) is 11.8. The van der Waals surface area contributed by atoms with E-state index in [4.69, 9.17) is 9.84 Å². The molecule has 1 unspecified atom stereocenters. The van der Waals surface area contributed by atoms with Gasteiger partial charge in [0.05, 0.1) is 24.1 Å². The molecule has 0 bridgehead atoms. The van der Waals surface area contributed by atoms with Crippen LogP contribution >= 0.6 is 0 Å². The molecule has 0 spiro atoms. The number of imidazole rings is 1. The molecule has 1 aromatic carbocycles. The Labute approximate surface area is 157 Å². The zero-order valence-electron chi connectivity index (χ0n) is 14.9. The zero-order chi connectivity index (χ0) is 20.5. The third kappa shape index (κ3) is 4.16. The highest BCUT2D eigenvalue weighted by atomic mass is 19.4. The van der Waals surface area contributed by atoms with E-state index in [0.29, 0.717) is 18.7 Å². The van der Waals surface area contributed by atoms with Crippen LogP contribution in [0.5, 0.6) is 0 Å². The fraction of sp³-hybridized carbons (Fsp3) is 0.389. The topological polar surface area (TPSA) is 104 Å². The molecule has 0 radical (unpaired) electrons. The SMILES string of the molecule is Cc1[nH]c(-c2cccc(C(F)(F)F)c2)nc1C(=O)NC1(CC(=O)O)CCOC1. The third-order valence-corrected chi connectivity index (χ3v) is 4.53. The molecule has 0 aliphatic carbocycles. The molecule has 28 heavy (non-hydrogen) atoms. The first-order valence-corrected chi connectivity index (χ1v) is 8.46. The highest BCUT2D eigenvalue weighted by molar-refractivity contribution is 5.95. The number of benzene rings is 1. The van der Waals surface area contributed by atoms with Crippen LogP contribution in [0.4, 0.5) is 13.2 Å². The van der Waals surface area contributed by atoms with Gasteiger partial charge in [-0.25, -0.2) is 4.98 Å². The molecular formula is C18H18F3N3O4. The van der Waals surface area contributed by atoms with E-state index < -0.39 is 29.2 Å². The number of carboxylic acid groups (broad SMARTS) is 1. The number of carboxylic acids is 1. The van der Waals surface area contributed by atoms with E-state index >= 15 is 0 Å². The van der Waals surface area contributed by atoms with E-state index in [0.717, 1.165) is 12.1 Å². The summed E-state index contributed by atoms with van der Waals surface area (Å²) in [5.74, 6) is -1.57. The van der Waals surface area contributed by atoms with Crippen molar-refractivity contribution in [3.63, 3.8) is 0 Å². The third-order valence-electron chi connectivity index (χ3n) is 4.53. The van der Waals surface area contributed by atoms with Crippen molar-refractivity contribution in [3.8, 4) is 11.4 Å². The summed E-state index contributed by atoms with van der Waals surface area (Å²) in [6.45, 7) is 1.95. The van der Waals surface area contributed by atoms with Gasteiger partial charge in [0.2, 0.25) is 0 Å². The number of nitrogens with zero attached hydrogens (tertiary/aromatic N) is 1. The molecule has 1 fully saturated rings. The van der Waals surface area contributed by atoms with Crippen LogP contribution in [-0.4, -0.2) is 45.7 Å². The number of nitrogens with one attached hydrogen (secondary N) is 2. The van der Waals surface area contributed by atoms with Gasteiger partial charge < -0.3 is 20.1 Å². The number of amides is 1. The standard InChI is InChI=1S/C18H18F3N3O4/c1-10-14(16(27)24-17(8-13(25)26)5-6-28-9-17)23-15(22-10)11-3-2-4-12(7-11)18(19,20)21/h2-4,7H,5-6,8-9H2,1H3,(H,22,23)(H,24,27)(H,25,26). The second kappa shape index (κ2) is 7.27. The van der Waals surface area contributed by atoms with Gasteiger partial charge >= 0.3 is 12.1 Å². The van der Waals surface area contributed by atoms with E-state index in [1.807, 2.05) is 0 Å². The zero-order valence-corrected chi connectivity index (χ0v) is 14.9. The van der Waals surface area contributed by atoms with Gasteiger partial charge in [0, 0.05) is 17.9 Å². The number of aliphatic carboxylic acids is 1. The van der Waals surface area contributed by atoms with Gasteiger partial charge in [0.15, 0.2) is 0 Å². The van der Waals surface area contributed by atoms with Crippen molar-refractivity contribution in [2.75, 3.05) is 13.2 Å². The number of rotatable bonds is 5. The molecule has 1 atom stereocenters. The van der Waals surface area contributed by atoms with E-state index in [1.54, 1.807) is 6.92 Å². The summed E-state index contributed by atoms with van der Waals surface area (Å²) in [6.07, 6.45) is -4.46. The number of aryl methyl sites for hydroxylation is 1. The highest BCUT2D eigenvalue weighted by Crippen LogP contribution is 2.32. The first-order chi connectivity index (χ1) is 13.1. The Hall–Kier alpha value is -2.88. The number of hydrogen-bond acceptors (Lipinski definition) is 4. The number of ether oxygens (including phenoxy) is 1. The minimum absolute atomic E-state index is 0.0101. The maximum atomic E-state index is 12.9.